The number of rotatable bonds is 7. The van der Waals surface area contributed by atoms with Crippen LogP contribution in [0.3, 0.4) is 0 Å². The Morgan fingerprint density at radius 1 is 1.20 bits per heavy atom. The van der Waals surface area contributed by atoms with Gasteiger partial charge in [-0.3, -0.25) is 0 Å². The van der Waals surface area contributed by atoms with Crippen molar-refractivity contribution in [3.8, 4) is 0 Å². The molecule has 0 saturated carbocycles. The lowest BCUT2D eigenvalue weighted by atomic mass is 10.0. The Morgan fingerprint density at radius 3 is 2.60 bits per heavy atom. The number of carbonyl (C=O) groups is 1. The number of nitrogens with zero attached hydrogens (tertiary/aromatic N) is 5. The van der Waals surface area contributed by atoms with Crippen LogP contribution in [0.5, 0.6) is 0 Å². The molecule has 1 N–H and O–H groups in total. The number of aromatic nitrogens is 2. The first-order valence-corrected chi connectivity index (χ1v) is 14.7. The molecule has 13 heteroatoms. The van der Waals surface area contributed by atoms with Crippen molar-refractivity contribution in [2.24, 2.45) is 5.92 Å². The number of benzene rings is 1. The molecule has 1 unspecified atom stereocenters. The zero-order chi connectivity index (χ0) is 25.2. The Kier molecular flexibility index (Phi) is 8.32. The standard InChI is InChI=1S/C22H27Cl2N5O4S2/c1-34-21-25-8-4-20(26-21)27-9-6-17(7-10-27)29(22(30)31)14-15-5-11-28(13-15)35(32,33)19-3-2-16(23)12-18(19)24/h2-4,8,12,15,17H,5-7,9-11,13-14H2,1H3,(H,30,31). The Balaban J connectivity index is 1.37. The quantitative estimate of drug-likeness (QED) is 0.398. The maximum atomic E-state index is 13.1. The van der Waals surface area contributed by atoms with Gasteiger partial charge in [0.1, 0.15) is 10.7 Å². The van der Waals surface area contributed by atoms with E-state index >= 15 is 0 Å². The lowest BCUT2D eigenvalue weighted by molar-refractivity contribution is 0.106. The van der Waals surface area contributed by atoms with Crippen LogP contribution in [0.2, 0.25) is 10.0 Å². The molecule has 0 bridgehead atoms. The summed E-state index contributed by atoms with van der Waals surface area (Å²) in [6, 6.07) is 6.06. The van der Waals surface area contributed by atoms with Crippen LogP contribution in [0.15, 0.2) is 40.5 Å². The molecule has 1 amide bonds. The molecule has 0 aliphatic carbocycles. The number of anilines is 1. The highest BCUT2D eigenvalue weighted by atomic mass is 35.5. The SMILES string of the molecule is CSc1nccc(N2CCC(N(CC3CCN(S(=O)(=O)c4ccc(Cl)cc4Cl)C3)C(=O)O)CC2)n1. The van der Waals surface area contributed by atoms with Crippen LogP contribution in [0, 0.1) is 5.92 Å². The Hall–Kier alpha value is -1.79. The van der Waals surface area contributed by atoms with Crippen molar-refractivity contribution in [2.75, 3.05) is 43.9 Å². The fourth-order valence-electron chi connectivity index (χ4n) is 4.66. The Morgan fingerprint density at radius 2 is 1.94 bits per heavy atom. The monoisotopic (exact) mass is 559 g/mol. The summed E-state index contributed by atoms with van der Waals surface area (Å²) < 4.78 is 27.6. The Bertz CT molecular complexity index is 1180. The van der Waals surface area contributed by atoms with Gasteiger partial charge in [-0.05, 0) is 55.7 Å². The van der Waals surface area contributed by atoms with Gasteiger partial charge in [0.25, 0.3) is 0 Å². The van der Waals surface area contributed by atoms with Gasteiger partial charge in [-0.2, -0.15) is 4.31 Å². The second-order valence-electron chi connectivity index (χ2n) is 8.65. The third-order valence-electron chi connectivity index (χ3n) is 6.49. The van der Waals surface area contributed by atoms with E-state index in [0.717, 1.165) is 5.82 Å². The molecule has 2 fully saturated rings. The molecule has 2 aromatic rings. The van der Waals surface area contributed by atoms with Crippen molar-refractivity contribution < 1.29 is 18.3 Å². The zero-order valence-electron chi connectivity index (χ0n) is 19.2. The normalized spacial score (nSPS) is 19.7. The number of thioether (sulfide) groups is 1. The minimum Gasteiger partial charge on any atom is -0.465 e. The molecule has 2 aliphatic rings. The molecule has 3 heterocycles. The van der Waals surface area contributed by atoms with Crippen molar-refractivity contribution in [2.45, 2.75) is 35.4 Å². The number of sulfonamides is 1. The number of amides is 1. The predicted molar refractivity (Wildman–Crippen MR) is 137 cm³/mol. The molecule has 1 aromatic carbocycles. The maximum Gasteiger partial charge on any atom is 0.407 e. The second kappa shape index (κ2) is 11.1. The summed E-state index contributed by atoms with van der Waals surface area (Å²) in [5.41, 5.74) is 0. The smallest absolute Gasteiger partial charge is 0.407 e. The summed E-state index contributed by atoms with van der Waals surface area (Å²) in [5.74, 6) is 0.762. The molecule has 0 radical (unpaired) electrons. The molecule has 1 aromatic heterocycles. The van der Waals surface area contributed by atoms with Crippen molar-refractivity contribution in [1.82, 2.24) is 19.2 Å². The number of halogens is 2. The van der Waals surface area contributed by atoms with Crippen molar-refractivity contribution >= 4 is 56.9 Å². The summed E-state index contributed by atoms with van der Waals surface area (Å²) >= 11 is 13.5. The number of piperidine rings is 1. The largest absolute Gasteiger partial charge is 0.465 e. The minimum absolute atomic E-state index is 0.0148. The van der Waals surface area contributed by atoms with E-state index in [0.29, 0.717) is 55.6 Å². The average molecular weight is 561 g/mol. The third kappa shape index (κ3) is 5.96. The molecular weight excluding hydrogens is 533 g/mol. The van der Waals surface area contributed by atoms with Crippen LogP contribution >= 0.6 is 35.0 Å². The predicted octanol–water partition coefficient (Wildman–Crippen LogP) is 4.16. The van der Waals surface area contributed by atoms with E-state index in [1.54, 1.807) is 6.20 Å². The summed E-state index contributed by atoms with van der Waals surface area (Å²) in [7, 11) is -3.79. The van der Waals surface area contributed by atoms with Gasteiger partial charge in [-0.1, -0.05) is 35.0 Å². The van der Waals surface area contributed by atoms with Gasteiger partial charge < -0.3 is 14.9 Å². The van der Waals surface area contributed by atoms with E-state index in [1.165, 1.54) is 39.2 Å². The summed E-state index contributed by atoms with van der Waals surface area (Å²) in [5, 5.41) is 11.1. The average Bonchev–Trinajstić information content (AvgIpc) is 3.32. The van der Waals surface area contributed by atoms with E-state index < -0.39 is 16.1 Å². The molecule has 9 nitrogen and oxygen atoms in total. The molecule has 0 spiro atoms. The van der Waals surface area contributed by atoms with Gasteiger partial charge in [0.05, 0.1) is 5.02 Å². The fourth-order valence-corrected chi connectivity index (χ4v) is 7.29. The lowest BCUT2D eigenvalue weighted by Crippen LogP contribution is -2.49. The first-order chi connectivity index (χ1) is 16.7. The summed E-state index contributed by atoms with van der Waals surface area (Å²) in [4.78, 5) is 24.5. The van der Waals surface area contributed by atoms with Crippen molar-refractivity contribution in [1.29, 1.82) is 0 Å². The van der Waals surface area contributed by atoms with E-state index in [4.69, 9.17) is 23.2 Å². The van der Waals surface area contributed by atoms with Gasteiger partial charge in [0, 0.05) is 50.0 Å². The van der Waals surface area contributed by atoms with Crippen LogP contribution in [0.4, 0.5) is 10.6 Å². The molecular formula is C22H27Cl2N5O4S2. The van der Waals surface area contributed by atoms with Gasteiger partial charge in [0.2, 0.25) is 10.0 Å². The maximum absolute atomic E-state index is 13.1. The fraction of sp³-hybridized carbons (Fsp3) is 0.500. The first kappa shape index (κ1) is 26.3. The van der Waals surface area contributed by atoms with Crippen LogP contribution in [0.25, 0.3) is 0 Å². The second-order valence-corrected chi connectivity index (χ2v) is 12.2. The Labute approximate surface area is 219 Å². The van der Waals surface area contributed by atoms with Crippen LogP contribution < -0.4 is 4.90 Å². The van der Waals surface area contributed by atoms with E-state index in [1.807, 2.05) is 12.3 Å². The minimum atomic E-state index is -3.79. The molecule has 1 atom stereocenters. The van der Waals surface area contributed by atoms with Crippen LogP contribution in [0.1, 0.15) is 19.3 Å². The van der Waals surface area contributed by atoms with Gasteiger partial charge >= 0.3 is 6.09 Å². The van der Waals surface area contributed by atoms with Gasteiger partial charge in [0.15, 0.2) is 5.16 Å². The highest BCUT2D eigenvalue weighted by molar-refractivity contribution is 7.98. The first-order valence-electron chi connectivity index (χ1n) is 11.3. The molecule has 4 rings (SSSR count). The van der Waals surface area contributed by atoms with Crippen molar-refractivity contribution in [3.05, 3.63) is 40.5 Å². The van der Waals surface area contributed by atoms with E-state index in [-0.39, 0.29) is 28.4 Å². The number of carboxylic acid groups (broad SMARTS) is 1. The highest BCUT2D eigenvalue weighted by Crippen LogP contribution is 2.32. The summed E-state index contributed by atoms with van der Waals surface area (Å²) in [6.07, 6.45) is 4.64. The molecule has 2 aliphatic heterocycles. The summed E-state index contributed by atoms with van der Waals surface area (Å²) in [6.45, 7) is 2.26. The number of hydrogen-bond donors (Lipinski definition) is 1. The topological polar surface area (TPSA) is 107 Å². The molecule has 35 heavy (non-hydrogen) atoms. The van der Waals surface area contributed by atoms with Gasteiger partial charge in [-0.25, -0.2) is 23.2 Å². The van der Waals surface area contributed by atoms with E-state index in [9.17, 15) is 18.3 Å². The number of hydrogen-bond acceptors (Lipinski definition) is 7. The van der Waals surface area contributed by atoms with Crippen LogP contribution in [-0.2, 0) is 10.0 Å². The van der Waals surface area contributed by atoms with E-state index in [2.05, 4.69) is 14.9 Å². The zero-order valence-corrected chi connectivity index (χ0v) is 22.3. The molecule has 190 valence electrons. The van der Waals surface area contributed by atoms with Crippen molar-refractivity contribution in [3.63, 3.8) is 0 Å². The lowest BCUT2D eigenvalue weighted by Gasteiger charge is -2.38. The third-order valence-corrected chi connectivity index (χ3v) is 9.64. The molecule has 2 saturated heterocycles. The highest BCUT2D eigenvalue weighted by Gasteiger charge is 2.37. The van der Waals surface area contributed by atoms with Gasteiger partial charge in [-0.15, -0.1) is 0 Å². The van der Waals surface area contributed by atoms with Crippen LogP contribution in [-0.4, -0.2) is 83.8 Å².